The zero-order valence-corrected chi connectivity index (χ0v) is 10.8. The standard InChI is InChI=1S/C12H18F3NO3/c1-2-19-11(18)9-4-3-7-16(8-9)10(17)5-6-12(13,14)15/h9H,2-8H2,1H3/t9-/m1/s1. The molecule has 1 aliphatic heterocycles. The minimum atomic E-state index is -4.33. The van der Waals surface area contributed by atoms with Gasteiger partial charge < -0.3 is 9.64 Å². The second-order valence-electron chi connectivity index (χ2n) is 4.55. The van der Waals surface area contributed by atoms with E-state index in [2.05, 4.69) is 0 Å². The maximum atomic E-state index is 12.0. The molecule has 4 nitrogen and oxygen atoms in total. The van der Waals surface area contributed by atoms with Crippen LogP contribution in [0, 0.1) is 5.92 Å². The molecule has 0 aromatic rings. The van der Waals surface area contributed by atoms with Gasteiger partial charge in [0.1, 0.15) is 0 Å². The van der Waals surface area contributed by atoms with E-state index in [1.54, 1.807) is 6.92 Å². The zero-order chi connectivity index (χ0) is 14.5. The minimum Gasteiger partial charge on any atom is -0.466 e. The summed E-state index contributed by atoms with van der Waals surface area (Å²) < 4.78 is 41.0. The number of piperidine rings is 1. The van der Waals surface area contributed by atoms with Crippen LogP contribution in [-0.4, -0.2) is 42.6 Å². The van der Waals surface area contributed by atoms with Crippen molar-refractivity contribution < 1.29 is 27.5 Å². The number of hydrogen-bond acceptors (Lipinski definition) is 3. The van der Waals surface area contributed by atoms with E-state index in [0.29, 0.717) is 19.4 Å². The van der Waals surface area contributed by atoms with Crippen molar-refractivity contribution in [1.29, 1.82) is 0 Å². The van der Waals surface area contributed by atoms with Crippen molar-refractivity contribution in [3.63, 3.8) is 0 Å². The summed E-state index contributed by atoms with van der Waals surface area (Å²) in [4.78, 5) is 24.5. The molecule has 0 aromatic heterocycles. The van der Waals surface area contributed by atoms with Gasteiger partial charge in [-0.15, -0.1) is 0 Å². The van der Waals surface area contributed by atoms with Crippen LogP contribution in [0.1, 0.15) is 32.6 Å². The average molecular weight is 281 g/mol. The van der Waals surface area contributed by atoms with Gasteiger partial charge in [-0.2, -0.15) is 13.2 Å². The maximum Gasteiger partial charge on any atom is 0.389 e. The SMILES string of the molecule is CCOC(=O)[C@@H]1CCCN(C(=O)CCC(F)(F)F)C1. The molecule has 1 heterocycles. The Labute approximate surface area is 109 Å². The Morgan fingerprint density at radius 2 is 2.05 bits per heavy atom. The normalized spacial score (nSPS) is 20.2. The summed E-state index contributed by atoms with van der Waals surface area (Å²) in [6, 6.07) is 0. The molecule has 0 unspecified atom stereocenters. The second-order valence-corrected chi connectivity index (χ2v) is 4.55. The van der Waals surface area contributed by atoms with Gasteiger partial charge in [0.2, 0.25) is 5.91 Å². The molecule has 0 aliphatic carbocycles. The Morgan fingerprint density at radius 3 is 2.63 bits per heavy atom. The molecule has 0 bridgehead atoms. The van der Waals surface area contributed by atoms with E-state index >= 15 is 0 Å². The monoisotopic (exact) mass is 281 g/mol. The molecule has 0 N–H and O–H groups in total. The lowest BCUT2D eigenvalue weighted by atomic mass is 9.98. The first kappa shape index (κ1) is 15.8. The third kappa shape index (κ3) is 5.48. The molecule has 0 aromatic carbocycles. The van der Waals surface area contributed by atoms with Gasteiger partial charge in [0.25, 0.3) is 0 Å². The van der Waals surface area contributed by atoms with Gasteiger partial charge in [-0.05, 0) is 19.8 Å². The van der Waals surface area contributed by atoms with Gasteiger partial charge >= 0.3 is 12.1 Å². The summed E-state index contributed by atoms with van der Waals surface area (Å²) in [7, 11) is 0. The van der Waals surface area contributed by atoms with Crippen LogP contribution >= 0.6 is 0 Å². The van der Waals surface area contributed by atoms with Crippen LogP contribution in [0.4, 0.5) is 13.2 Å². The molecule has 7 heteroatoms. The average Bonchev–Trinajstić information content (AvgIpc) is 2.35. The third-order valence-electron chi connectivity index (χ3n) is 3.02. The highest BCUT2D eigenvalue weighted by Gasteiger charge is 2.32. The van der Waals surface area contributed by atoms with E-state index in [-0.39, 0.29) is 19.1 Å². The molecule has 1 aliphatic rings. The molecule has 0 radical (unpaired) electrons. The molecule has 1 atom stereocenters. The van der Waals surface area contributed by atoms with Gasteiger partial charge in [0, 0.05) is 19.5 Å². The van der Waals surface area contributed by atoms with Crippen LogP contribution in [0.25, 0.3) is 0 Å². The largest absolute Gasteiger partial charge is 0.466 e. The van der Waals surface area contributed by atoms with Crippen molar-refractivity contribution >= 4 is 11.9 Å². The lowest BCUT2D eigenvalue weighted by molar-refractivity contribution is -0.155. The van der Waals surface area contributed by atoms with Crippen LogP contribution < -0.4 is 0 Å². The predicted molar refractivity (Wildman–Crippen MR) is 61.2 cm³/mol. The summed E-state index contributed by atoms with van der Waals surface area (Å²) in [5, 5.41) is 0. The van der Waals surface area contributed by atoms with Crippen LogP contribution in [0.15, 0.2) is 0 Å². The zero-order valence-electron chi connectivity index (χ0n) is 10.8. The number of likely N-dealkylation sites (tertiary alicyclic amines) is 1. The number of amides is 1. The number of rotatable bonds is 4. The Morgan fingerprint density at radius 1 is 1.37 bits per heavy atom. The number of carbonyl (C=O) groups excluding carboxylic acids is 2. The van der Waals surface area contributed by atoms with E-state index in [1.165, 1.54) is 4.90 Å². The molecule has 110 valence electrons. The topological polar surface area (TPSA) is 46.6 Å². The minimum absolute atomic E-state index is 0.162. The Balaban J connectivity index is 2.45. The molecule has 0 spiro atoms. The highest BCUT2D eigenvalue weighted by Crippen LogP contribution is 2.24. The lowest BCUT2D eigenvalue weighted by Gasteiger charge is -2.31. The number of halogens is 3. The van der Waals surface area contributed by atoms with Crippen molar-refractivity contribution in [2.24, 2.45) is 5.92 Å². The Kier molecular flexibility index (Phi) is 5.62. The van der Waals surface area contributed by atoms with Crippen molar-refractivity contribution in [1.82, 2.24) is 4.90 Å². The summed E-state index contributed by atoms with van der Waals surface area (Å²) >= 11 is 0. The fourth-order valence-electron chi connectivity index (χ4n) is 2.06. The number of ether oxygens (including phenoxy) is 1. The molecular formula is C12H18F3NO3. The number of esters is 1. The molecule has 1 amide bonds. The van der Waals surface area contributed by atoms with Gasteiger partial charge in [0.15, 0.2) is 0 Å². The quantitative estimate of drug-likeness (QED) is 0.742. The number of alkyl halides is 3. The maximum absolute atomic E-state index is 12.0. The van der Waals surface area contributed by atoms with Crippen molar-refractivity contribution in [3.05, 3.63) is 0 Å². The first-order chi connectivity index (χ1) is 8.83. The van der Waals surface area contributed by atoms with Crippen LogP contribution in [0.5, 0.6) is 0 Å². The number of carbonyl (C=O) groups is 2. The Bertz CT molecular complexity index is 331. The van der Waals surface area contributed by atoms with E-state index in [1.807, 2.05) is 0 Å². The number of hydrogen-bond donors (Lipinski definition) is 0. The van der Waals surface area contributed by atoms with E-state index in [4.69, 9.17) is 4.74 Å². The van der Waals surface area contributed by atoms with E-state index in [9.17, 15) is 22.8 Å². The third-order valence-corrected chi connectivity index (χ3v) is 3.02. The molecule has 0 saturated carbocycles. The van der Waals surface area contributed by atoms with Gasteiger partial charge in [-0.3, -0.25) is 9.59 Å². The first-order valence-corrected chi connectivity index (χ1v) is 6.34. The van der Waals surface area contributed by atoms with E-state index < -0.39 is 30.8 Å². The van der Waals surface area contributed by atoms with E-state index in [0.717, 1.165) is 0 Å². The van der Waals surface area contributed by atoms with Crippen LogP contribution in [0.3, 0.4) is 0 Å². The fraction of sp³-hybridized carbons (Fsp3) is 0.833. The first-order valence-electron chi connectivity index (χ1n) is 6.34. The van der Waals surface area contributed by atoms with Crippen molar-refractivity contribution in [2.75, 3.05) is 19.7 Å². The predicted octanol–water partition coefficient (Wildman–Crippen LogP) is 2.13. The molecule has 1 fully saturated rings. The van der Waals surface area contributed by atoms with Gasteiger partial charge in [-0.1, -0.05) is 0 Å². The van der Waals surface area contributed by atoms with Gasteiger partial charge in [-0.25, -0.2) is 0 Å². The Hall–Kier alpha value is -1.27. The summed E-state index contributed by atoms with van der Waals surface area (Å²) in [5.74, 6) is -1.34. The highest BCUT2D eigenvalue weighted by molar-refractivity contribution is 5.78. The smallest absolute Gasteiger partial charge is 0.389 e. The summed E-state index contributed by atoms with van der Waals surface area (Å²) in [6.07, 6.45) is -4.78. The van der Waals surface area contributed by atoms with Crippen molar-refractivity contribution in [3.8, 4) is 0 Å². The van der Waals surface area contributed by atoms with Gasteiger partial charge in [0.05, 0.1) is 18.9 Å². The fourth-order valence-corrected chi connectivity index (χ4v) is 2.06. The second kappa shape index (κ2) is 6.77. The molecule has 1 saturated heterocycles. The van der Waals surface area contributed by atoms with Crippen LogP contribution in [-0.2, 0) is 14.3 Å². The summed E-state index contributed by atoms with van der Waals surface area (Å²) in [6.45, 7) is 2.52. The molecule has 19 heavy (non-hydrogen) atoms. The molecular weight excluding hydrogens is 263 g/mol. The summed E-state index contributed by atoms with van der Waals surface area (Å²) in [5.41, 5.74) is 0. The highest BCUT2D eigenvalue weighted by atomic mass is 19.4. The lowest BCUT2D eigenvalue weighted by Crippen LogP contribution is -2.43. The number of nitrogens with zero attached hydrogens (tertiary/aromatic N) is 1. The van der Waals surface area contributed by atoms with Crippen LogP contribution in [0.2, 0.25) is 0 Å². The molecule has 1 rings (SSSR count). The van der Waals surface area contributed by atoms with Crippen molar-refractivity contribution in [2.45, 2.75) is 38.8 Å².